The van der Waals surface area contributed by atoms with Crippen molar-refractivity contribution in [1.82, 2.24) is 0 Å². The minimum Gasteiger partial charge on any atom is -0.497 e. The average molecular weight is 347 g/mol. The molecule has 0 saturated heterocycles. The van der Waals surface area contributed by atoms with Crippen molar-refractivity contribution in [3.8, 4) is 17.6 Å². The van der Waals surface area contributed by atoms with Gasteiger partial charge in [0.15, 0.2) is 0 Å². The smallest absolute Gasteiger partial charge is 0.334 e. The fourth-order valence-corrected chi connectivity index (χ4v) is 2.18. The van der Waals surface area contributed by atoms with Crippen LogP contribution in [0, 0.1) is 11.8 Å². The molecule has 0 aliphatic rings. The highest BCUT2D eigenvalue weighted by Crippen LogP contribution is 2.27. The van der Waals surface area contributed by atoms with Gasteiger partial charge in [0.2, 0.25) is 0 Å². The molecule has 0 aromatic heterocycles. The van der Waals surface area contributed by atoms with E-state index >= 15 is 0 Å². The highest BCUT2D eigenvalue weighted by molar-refractivity contribution is 5.95. The van der Waals surface area contributed by atoms with Gasteiger partial charge in [-0.05, 0) is 47.5 Å². The Hall–Kier alpha value is -3.68. The zero-order valence-electron chi connectivity index (χ0n) is 14.5. The number of benzene rings is 2. The number of nitrogens with zero attached hydrogens (tertiary/aromatic N) is 3. The predicted octanol–water partition coefficient (Wildman–Crippen LogP) is 4.64. The molecule has 0 amide bonds. The van der Waals surface area contributed by atoms with E-state index in [9.17, 15) is 4.79 Å². The number of ether oxygens (including phenoxy) is 2. The van der Waals surface area contributed by atoms with Crippen LogP contribution in [-0.4, -0.2) is 20.2 Å². The fraction of sp³-hybridized carbons (Fsp3) is 0.150. The third-order valence-electron chi connectivity index (χ3n) is 3.45. The minimum absolute atomic E-state index is 0.189. The van der Waals surface area contributed by atoms with Gasteiger partial charge in [0.25, 0.3) is 0 Å². The van der Waals surface area contributed by atoms with Gasteiger partial charge in [0.05, 0.1) is 14.2 Å². The SMILES string of the molecule is COC(=O)/C(=C/c1cc(OC)ccc1N=[N+]=[N-])CC#Cc1ccccc1. The van der Waals surface area contributed by atoms with Gasteiger partial charge in [0.1, 0.15) is 5.75 Å². The van der Waals surface area contributed by atoms with E-state index in [-0.39, 0.29) is 6.42 Å². The summed E-state index contributed by atoms with van der Waals surface area (Å²) in [5.74, 6) is 6.04. The van der Waals surface area contributed by atoms with E-state index in [1.807, 2.05) is 30.3 Å². The van der Waals surface area contributed by atoms with E-state index in [0.717, 1.165) is 5.56 Å². The normalized spacial score (nSPS) is 10.2. The van der Waals surface area contributed by atoms with Crippen LogP contribution in [0.25, 0.3) is 16.5 Å². The number of carbonyl (C=O) groups is 1. The largest absolute Gasteiger partial charge is 0.497 e. The maximum Gasteiger partial charge on any atom is 0.334 e. The number of azide groups is 1. The molecule has 2 aromatic rings. The molecule has 0 unspecified atom stereocenters. The van der Waals surface area contributed by atoms with Crippen LogP contribution >= 0.6 is 0 Å². The molecule has 2 aromatic carbocycles. The summed E-state index contributed by atoms with van der Waals surface area (Å²) < 4.78 is 10.0. The third kappa shape index (κ3) is 5.17. The van der Waals surface area contributed by atoms with Gasteiger partial charge in [-0.25, -0.2) is 4.79 Å². The van der Waals surface area contributed by atoms with Crippen LogP contribution < -0.4 is 4.74 Å². The molecule has 0 fully saturated rings. The summed E-state index contributed by atoms with van der Waals surface area (Å²) in [7, 11) is 2.84. The van der Waals surface area contributed by atoms with Crippen molar-refractivity contribution in [1.29, 1.82) is 0 Å². The van der Waals surface area contributed by atoms with Crippen molar-refractivity contribution in [2.45, 2.75) is 6.42 Å². The summed E-state index contributed by atoms with van der Waals surface area (Å²) in [5, 5.41) is 3.64. The van der Waals surface area contributed by atoms with Gasteiger partial charge in [-0.3, -0.25) is 0 Å². The van der Waals surface area contributed by atoms with Crippen molar-refractivity contribution in [3.05, 3.63) is 75.7 Å². The Morgan fingerprint density at radius 2 is 2.00 bits per heavy atom. The first-order valence-electron chi connectivity index (χ1n) is 7.74. The summed E-state index contributed by atoms with van der Waals surface area (Å²) >= 11 is 0. The molecule has 0 spiro atoms. The van der Waals surface area contributed by atoms with Crippen LogP contribution in [0.5, 0.6) is 5.75 Å². The first-order chi connectivity index (χ1) is 12.7. The monoisotopic (exact) mass is 347 g/mol. The molecular formula is C20H17N3O3. The van der Waals surface area contributed by atoms with Crippen molar-refractivity contribution >= 4 is 17.7 Å². The lowest BCUT2D eigenvalue weighted by Crippen LogP contribution is -2.04. The lowest BCUT2D eigenvalue weighted by Gasteiger charge is -2.07. The topological polar surface area (TPSA) is 84.3 Å². The minimum atomic E-state index is -0.498. The molecule has 130 valence electrons. The summed E-state index contributed by atoms with van der Waals surface area (Å²) in [4.78, 5) is 14.9. The quantitative estimate of drug-likeness (QED) is 0.197. The number of esters is 1. The Balaban J connectivity index is 2.39. The molecule has 0 saturated carbocycles. The maximum absolute atomic E-state index is 12.1. The average Bonchev–Trinajstić information content (AvgIpc) is 2.68. The van der Waals surface area contributed by atoms with Crippen molar-refractivity contribution in [3.63, 3.8) is 0 Å². The van der Waals surface area contributed by atoms with Crippen LogP contribution in [0.4, 0.5) is 5.69 Å². The van der Waals surface area contributed by atoms with Crippen LogP contribution in [0.3, 0.4) is 0 Å². The van der Waals surface area contributed by atoms with E-state index < -0.39 is 5.97 Å². The van der Waals surface area contributed by atoms with Gasteiger partial charge in [0, 0.05) is 28.2 Å². The van der Waals surface area contributed by atoms with Gasteiger partial charge < -0.3 is 9.47 Å². The number of methoxy groups -OCH3 is 2. The summed E-state index contributed by atoms with van der Waals surface area (Å²) in [6.07, 6.45) is 1.78. The number of carbonyl (C=O) groups excluding carboxylic acids is 1. The van der Waals surface area contributed by atoms with Crippen molar-refractivity contribution < 1.29 is 14.3 Å². The molecule has 0 aliphatic carbocycles. The first-order valence-corrected chi connectivity index (χ1v) is 7.74. The second kappa shape index (κ2) is 9.58. The predicted molar refractivity (Wildman–Crippen MR) is 99.7 cm³/mol. The third-order valence-corrected chi connectivity index (χ3v) is 3.45. The summed E-state index contributed by atoms with van der Waals surface area (Å²) in [6.45, 7) is 0. The molecule has 0 radical (unpaired) electrons. The maximum atomic E-state index is 12.1. The molecule has 0 bridgehead atoms. The van der Waals surface area contributed by atoms with E-state index in [1.165, 1.54) is 14.2 Å². The Morgan fingerprint density at radius 3 is 2.65 bits per heavy atom. The molecule has 0 atom stereocenters. The van der Waals surface area contributed by atoms with Crippen LogP contribution in [-0.2, 0) is 9.53 Å². The van der Waals surface area contributed by atoms with E-state index in [2.05, 4.69) is 21.9 Å². The lowest BCUT2D eigenvalue weighted by atomic mass is 10.1. The highest BCUT2D eigenvalue weighted by Gasteiger charge is 2.10. The molecule has 26 heavy (non-hydrogen) atoms. The second-order valence-electron chi connectivity index (χ2n) is 5.12. The molecule has 0 N–H and O–H groups in total. The lowest BCUT2D eigenvalue weighted by molar-refractivity contribution is -0.136. The second-order valence-corrected chi connectivity index (χ2v) is 5.12. The Bertz CT molecular complexity index is 918. The van der Waals surface area contributed by atoms with Crippen molar-refractivity contribution in [2.75, 3.05) is 14.2 Å². The first kappa shape index (κ1) is 18.7. The van der Waals surface area contributed by atoms with E-state index in [1.54, 1.807) is 24.3 Å². The van der Waals surface area contributed by atoms with Crippen LogP contribution in [0.2, 0.25) is 0 Å². The van der Waals surface area contributed by atoms with Crippen molar-refractivity contribution in [2.24, 2.45) is 5.11 Å². The van der Waals surface area contributed by atoms with E-state index in [0.29, 0.717) is 22.6 Å². The molecule has 0 heterocycles. The van der Waals surface area contributed by atoms with Gasteiger partial charge in [-0.15, -0.1) is 0 Å². The molecule has 0 aliphatic heterocycles. The number of hydrogen-bond donors (Lipinski definition) is 0. The fourth-order valence-electron chi connectivity index (χ4n) is 2.18. The van der Waals surface area contributed by atoms with Gasteiger partial charge in [-0.1, -0.05) is 35.2 Å². The van der Waals surface area contributed by atoms with Gasteiger partial charge in [-0.2, -0.15) is 0 Å². The Morgan fingerprint density at radius 1 is 1.23 bits per heavy atom. The summed E-state index contributed by atoms with van der Waals surface area (Å²) in [6, 6.07) is 14.4. The zero-order chi connectivity index (χ0) is 18.8. The summed E-state index contributed by atoms with van der Waals surface area (Å²) in [5.41, 5.74) is 10.8. The van der Waals surface area contributed by atoms with E-state index in [4.69, 9.17) is 15.0 Å². The standard InChI is InChI=1S/C20H17N3O3/c1-25-18-11-12-19(22-23-21)17(14-18)13-16(20(24)26-2)10-6-9-15-7-4-3-5-8-15/h3-5,7-8,11-14H,10H2,1-2H3/b16-13+. The zero-order valence-corrected chi connectivity index (χ0v) is 14.5. The Kier molecular flexibility index (Phi) is 6.87. The number of rotatable bonds is 5. The molecule has 2 rings (SSSR count). The van der Waals surface area contributed by atoms with Gasteiger partial charge >= 0.3 is 5.97 Å². The van der Waals surface area contributed by atoms with Crippen LogP contribution in [0.1, 0.15) is 17.5 Å². The molecular weight excluding hydrogens is 330 g/mol. The molecule has 6 nitrogen and oxygen atoms in total. The molecule has 6 heteroatoms. The van der Waals surface area contributed by atoms with Crippen LogP contribution in [0.15, 0.2) is 59.2 Å². The Labute approximate surface area is 151 Å². The highest BCUT2D eigenvalue weighted by atomic mass is 16.5. The number of hydrogen-bond acceptors (Lipinski definition) is 4.